The predicted molar refractivity (Wildman–Crippen MR) is 119 cm³/mol. The number of aromatic nitrogens is 3. The molecule has 1 aliphatic heterocycles. The van der Waals surface area contributed by atoms with Crippen LogP contribution in [0.3, 0.4) is 0 Å². The number of rotatable bonds is 5. The second-order valence-electron chi connectivity index (χ2n) is 7.54. The highest BCUT2D eigenvalue weighted by atomic mass is 35.5. The maximum atomic E-state index is 13.1. The molecule has 1 saturated heterocycles. The Hall–Kier alpha value is -2.90. The van der Waals surface area contributed by atoms with Crippen molar-refractivity contribution in [1.82, 2.24) is 20.1 Å². The summed E-state index contributed by atoms with van der Waals surface area (Å²) in [6.07, 6.45) is 4.32. The zero-order valence-corrected chi connectivity index (χ0v) is 18.3. The number of benzene rings is 1. The van der Waals surface area contributed by atoms with Crippen LogP contribution >= 0.6 is 23.2 Å². The lowest BCUT2D eigenvalue weighted by Crippen LogP contribution is -2.32. The molecule has 0 saturated carbocycles. The van der Waals surface area contributed by atoms with Crippen molar-refractivity contribution in [3.63, 3.8) is 0 Å². The molecule has 0 spiro atoms. The summed E-state index contributed by atoms with van der Waals surface area (Å²) in [5.41, 5.74) is 7.78. The van der Waals surface area contributed by atoms with E-state index in [1.165, 1.54) is 12.4 Å². The highest BCUT2D eigenvalue weighted by molar-refractivity contribution is 6.42. The third-order valence-electron chi connectivity index (χ3n) is 5.52. The van der Waals surface area contributed by atoms with E-state index >= 15 is 0 Å². The zero-order valence-electron chi connectivity index (χ0n) is 16.8. The first-order valence-corrected chi connectivity index (χ1v) is 10.6. The van der Waals surface area contributed by atoms with Gasteiger partial charge in [0.05, 0.1) is 39.9 Å². The van der Waals surface area contributed by atoms with E-state index in [4.69, 9.17) is 33.7 Å². The van der Waals surface area contributed by atoms with Crippen molar-refractivity contribution in [2.45, 2.75) is 18.9 Å². The van der Waals surface area contributed by atoms with E-state index in [2.05, 4.69) is 15.2 Å². The molecular formula is C22H21Cl2N5O2. The lowest BCUT2D eigenvalue weighted by molar-refractivity contribution is 0.0769. The number of pyridine rings is 1. The molecule has 31 heavy (non-hydrogen) atoms. The third-order valence-corrected chi connectivity index (χ3v) is 6.26. The van der Waals surface area contributed by atoms with Crippen LogP contribution in [0.1, 0.15) is 28.8 Å². The van der Waals surface area contributed by atoms with E-state index in [-0.39, 0.29) is 23.8 Å². The summed E-state index contributed by atoms with van der Waals surface area (Å²) in [4.78, 5) is 19.1. The van der Waals surface area contributed by atoms with Gasteiger partial charge in [-0.25, -0.2) is 4.98 Å². The van der Waals surface area contributed by atoms with Crippen molar-refractivity contribution in [3.8, 4) is 5.88 Å². The minimum absolute atomic E-state index is 0.00958. The lowest BCUT2D eigenvalue weighted by atomic mass is 9.86. The number of nitrogens with zero attached hydrogens (tertiary/aromatic N) is 4. The molecule has 1 aromatic carbocycles. The normalized spacial score (nSPS) is 19.3. The van der Waals surface area contributed by atoms with Crippen molar-refractivity contribution >= 4 is 34.8 Å². The Labute approximate surface area is 190 Å². The number of carbonyl (C=O) groups is 1. The number of amides is 1. The van der Waals surface area contributed by atoms with Gasteiger partial charge in [0.15, 0.2) is 0 Å². The highest BCUT2D eigenvalue weighted by Crippen LogP contribution is 2.38. The van der Waals surface area contributed by atoms with Gasteiger partial charge in [-0.1, -0.05) is 29.3 Å². The van der Waals surface area contributed by atoms with Gasteiger partial charge in [0.1, 0.15) is 6.10 Å². The van der Waals surface area contributed by atoms with Crippen molar-refractivity contribution in [3.05, 3.63) is 76.2 Å². The van der Waals surface area contributed by atoms with E-state index in [0.717, 1.165) is 5.56 Å². The molecule has 0 bridgehead atoms. The second-order valence-corrected chi connectivity index (χ2v) is 8.35. The van der Waals surface area contributed by atoms with Gasteiger partial charge in [0.25, 0.3) is 5.91 Å². The van der Waals surface area contributed by atoms with E-state index in [9.17, 15) is 4.79 Å². The number of nitrogen functional groups attached to an aromatic ring is 1. The summed E-state index contributed by atoms with van der Waals surface area (Å²) in [6, 6.07) is 10.7. The van der Waals surface area contributed by atoms with E-state index in [1.54, 1.807) is 30.5 Å². The van der Waals surface area contributed by atoms with Gasteiger partial charge in [-0.05, 0) is 36.8 Å². The van der Waals surface area contributed by atoms with Crippen LogP contribution in [0, 0.1) is 5.92 Å². The summed E-state index contributed by atoms with van der Waals surface area (Å²) in [5, 5.41) is 8.54. The average molecular weight is 458 g/mol. The minimum Gasteiger partial charge on any atom is -0.474 e. The first kappa shape index (κ1) is 21.3. The number of halogens is 2. The molecule has 2 N–H and O–H groups in total. The van der Waals surface area contributed by atoms with Gasteiger partial charge in [-0.15, -0.1) is 0 Å². The predicted octanol–water partition coefficient (Wildman–Crippen LogP) is 4.08. The van der Waals surface area contributed by atoms with Crippen LogP contribution in [0.2, 0.25) is 10.0 Å². The summed E-state index contributed by atoms with van der Waals surface area (Å²) in [7, 11) is 0. The minimum atomic E-state index is -0.219. The van der Waals surface area contributed by atoms with Crippen LogP contribution in [0.25, 0.3) is 0 Å². The van der Waals surface area contributed by atoms with Crippen molar-refractivity contribution in [2.24, 2.45) is 5.92 Å². The third kappa shape index (κ3) is 4.73. The fourth-order valence-corrected chi connectivity index (χ4v) is 4.21. The quantitative estimate of drug-likeness (QED) is 0.619. The highest BCUT2D eigenvalue weighted by Gasteiger charge is 2.40. The second kappa shape index (κ2) is 9.08. The Kier molecular flexibility index (Phi) is 6.25. The number of ether oxygens (including phenoxy) is 1. The Morgan fingerprint density at radius 3 is 2.65 bits per heavy atom. The van der Waals surface area contributed by atoms with Crippen LogP contribution in [0.5, 0.6) is 5.88 Å². The Balaban J connectivity index is 1.61. The van der Waals surface area contributed by atoms with Crippen LogP contribution in [-0.4, -0.2) is 45.2 Å². The number of nitrogens with two attached hydrogens (primary N) is 1. The number of hydrogen-bond acceptors (Lipinski definition) is 6. The van der Waals surface area contributed by atoms with Crippen molar-refractivity contribution in [2.75, 3.05) is 18.8 Å². The first-order valence-electron chi connectivity index (χ1n) is 9.81. The van der Waals surface area contributed by atoms with E-state index < -0.39 is 0 Å². The molecular weight excluding hydrogens is 437 g/mol. The molecule has 3 aromatic rings. The topological polar surface area (TPSA) is 94.2 Å². The van der Waals surface area contributed by atoms with Gasteiger partial charge in [0.2, 0.25) is 5.88 Å². The number of likely N-dealkylation sites (tertiary alicyclic amines) is 1. The fourth-order valence-electron chi connectivity index (χ4n) is 3.91. The van der Waals surface area contributed by atoms with Crippen molar-refractivity contribution in [1.29, 1.82) is 0 Å². The summed E-state index contributed by atoms with van der Waals surface area (Å²) in [6.45, 7) is 3.02. The molecule has 0 aliphatic carbocycles. The molecule has 0 radical (unpaired) electrons. The number of carbonyl (C=O) groups excluding carboxylic acids is 1. The molecule has 160 valence electrons. The fraction of sp³-hybridized carbons (Fsp3) is 0.273. The standard InChI is InChI=1S/C22H21Cl2N5O2/c1-13(31-21-5-3-16(25)10-26-21)17-11-29(22(30)15-6-7-27-28-9-15)12-18(17)14-2-4-19(23)20(24)8-14/h2-10,13,17-18H,11-12,25H2,1H3/t13-,17+,18+/m0/s1. The van der Waals surface area contributed by atoms with Gasteiger partial charge in [0, 0.05) is 31.0 Å². The summed E-state index contributed by atoms with van der Waals surface area (Å²) >= 11 is 12.4. The molecule has 1 fully saturated rings. The monoisotopic (exact) mass is 457 g/mol. The SMILES string of the molecule is C[C@H](Oc1ccc(N)cn1)[C@H]1CN(C(=O)c2ccnnc2)C[C@@H]1c1ccc(Cl)c(Cl)c1. The lowest BCUT2D eigenvalue weighted by Gasteiger charge is -2.25. The van der Waals surface area contributed by atoms with Crippen LogP contribution in [-0.2, 0) is 0 Å². The van der Waals surface area contributed by atoms with E-state index in [0.29, 0.717) is 40.3 Å². The first-order chi connectivity index (χ1) is 14.9. The molecule has 9 heteroatoms. The Bertz CT molecular complexity index is 1070. The Morgan fingerprint density at radius 2 is 1.97 bits per heavy atom. The van der Waals surface area contributed by atoms with Gasteiger partial charge in [-0.2, -0.15) is 10.2 Å². The molecule has 0 unspecified atom stereocenters. The molecule has 3 atom stereocenters. The average Bonchev–Trinajstić information content (AvgIpc) is 3.23. The van der Waals surface area contributed by atoms with Crippen LogP contribution in [0.4, 0.5) is 5.69 Å². The van der Waals surface area contributed by atoms with Crippen LogP contribution < -0.4 is 10.5 Å². The van der Waals surface area contributed by atoms with Gasteiger partial charge >= 0.3 is 0 Å². The smallest absolute Gasteiger partial charge is 0.255 e. The molecule has 2 aromatic heterocycles. The van der Waals surface area contributed by atoms with Gasteiger partial charge in [-0.3, -0.25) is 4.79 Å². The van der Waals surface area contributed by atoms with Crippen LogP contribution in [0.15, 0.2) is 55.0 Å². The number of anilines is 1. The molecule has 3 heterocycles. The maximum Gasteiger partial charge on any atom is 0.255 e. The largest absolute Gasteiger partial charge is 0.474 e. The summed E-state index contributed by atoms with van der Waals surface area (Å²) < 4.78 is 6.11. The number of hydrogen-bond donors (Lipinski definition) is 1. The van der Waals surface area contributed by atoms with E-state index in [1.807, 2.05) is 24.0 Å². The summed E-state index contributed by atoms with van der Waals surface area (Å²) in [5.74, 6) is 0.408. The maximum absolute atomic E-state index is 13.1. The molecule has 4 rings (SSSR count). The van der Waals surface area contributed by atoms with Gasteiger partial charge < -0.3 is 15.4 Å². The zero-order chi connectivity index (χ0) is 22.0. The Morgan fingerprint density at radius 1 is 1.13 bits per heavy atom. The van der Waals surface area contributed by atoms with Crippen molar-refractivity contribution < 1.29 is 9.53 Å². The molecule has 7 nitrogen and oxygen atoms in total. The molecule has 1 amide bonds. The molecule has 1 aliphatic rings.